The van der Waals surface area contributed by atoms with Crippen molar-refractivity contribution in [1.29, 1.82) is 0 Å². The van der Waals surface area contributed by atoms with Crippen LogP contribution in [0, 0.1) is 0 Å². The molecule has 112 valence electrons. The molecule has 0 saturated carbocycles. The zero-order valence-corrected chi connectivity index (χ0v) is 12.3. The fourth-order valence-corrected chi connectivity index (χ4v) is 2.52. The second-order valence-corrected chi connectivity index (χ2v) is 5.03. The lowest BCUT2D eigenvalue weighted by atomic mass is 9.99. The van der Waals surface area contributed by atoms with Crippen LogP contribution in [0.5, 0.6) is 0 Å². The van der Waals surface area contributed by atoms with Crippen LogP contribution in [0.1, 0.15) is 0 Å². The highest BCUT2D eigenvalue weighted by molar-refractivity contribution is 6.00. The van der Waals surface area contributed by atoms with E-state index < -0.39 is 0 Å². The minimum Gasteiger partial charge on any atom is -0.398 e. The first-order valence-electron chi connectivity index (χ1n) is 7.04. The Morgan fingerprint density at radius 1 is 1.18 bits per heavy atom. The normalized spacial score (nSPS) is 11.0. The zero-order chi connectivity index (χ0) is 15.5. The van der Waals surface area contributed by atoms with E-state index in [2.05, 4.69) is 4.98 Å². The molecule has 0 bridgehead atoms. The maximum absolute atomic E-state index is 12.8. The summed E-state index contributed by atoms with van der Waals surface area (Å²) in [6.45, 7) is 0.914. The minimum atomic E-state index is -0.104. The molecule has 1 aromatic heterocycles. The maximum Gasteiger partial charge on any atom is 0.261 e. The third kappa shape index (κ3) is 2.46. The number of ether oxygens (including phenoxy) is 1. The minimum absolute atomic E-state index is 0.104. The van der Waals surface area contributed by atoms with E-state index >= 15 is 0 Å². The highest BCUT2D eigenvalue weighted by Crippen LogP contribution is 2.31. The number of hydrogen-bond donors (Lipinski definition) is 1. The monoisotopic (exact) mass is 295 g/mol. The van der Waals surface area contributed by atoms with Crippen LogP contribution in [0.4, 0.5) is 5.69 Å². The first-order chi connectivity index (χ1) is 10.7. The Bertz CT molecular complexity index is 857. The van der Waals surface area contributed by atoms with Gasteiger partial charge in [0.1, 0.15) is 0 Å². The van der Waals surface area contributed by atoms with Crippen molar-refractivity contribution >= 4 is 16.6 Å². The van der Waals surface area contributed by atoms with E-state index in [-0.39, 0.29) is 5.56 Å². The summed E-state index contributed by atoms with van der Waals surface area (Å²) in [4.78, 5) is 17.2. The van der Waals surface area contributed by atoms with E-state index in [0.29, 0.717) is 29.7 Å². The second kappa shape index (κ2) is 5.99. The Labute approximate surface area is 128 Å². The number of benzene rings is 2. The van der Waals surface area contributed by atoms with Crippen LogP contribution < -0.4 is 11.3 Å². The predicted octanol–water partition coefficient (Wildman–Crippen LogP) is 2.29. The first-order valence-corrected chi connectivity index (χ1v) is 7.04. The summed E-state index contributed by atoms with van der Waals surface area (Å²) in [6, 6.07) is 13.2. The van der Waals surface area contributed by atoms with E-state index in [1.54, 1.807) is 30.1 Å². The van der Waals surface area contributed by atoms with E-state index in [1.165, 1.54) is 0 Å². The largest absolute Gasteiger partial charge is 0.398 e. The quantitative estimate of drug-likeness (QED) is 0.750. The lowest BCUT2D eigenvalue weighted by molar-refractivity contribution is 0.186. The van der Waals surface area contributed by atoms with Crippen LogP contribution >= 0.6 is 0 Å². The summed E-state index contributed by atoms with van der Waals surface area (Å²) in [6.07, 6.45) is 1.55. The van der Waals surface area contributed by atoms with Gasteiger partial charge in [-0.3, -0.25) is 9.36 Å². The predicted molar refractivity (Wildman–Crippen MR) is 87.7 cm³/mol. The van der Waals surface area contributed by atoms with Crippen molar-refractivity contribution in [3.05, 3.63) is 59.1 Å². The number of nitrogens with two attached hydrogens (primary N) is 1. The van der Waals surface area contributed by atoms with Crippen LogP contribution in [-0.4, -0.2) is 23.3 Å². The molecule has 1 heterocycles. The molecule has 22 heavy (non-hydrogen) atoms. The molecule has 0 saturated heterocycles. The summed E-state index contributed by atoms with van der Waals surface area (Å²) < 4.78 is 6.59. The molecule has 0 aliphatic rings. The molecule has 5 heteroatoms. The summed E-state index contributed by atoms with van der Waals surface area (Å²) in [5.41, 5.74) is 8.90. The Kier molecular flexibility index (Phi) is 3.89. The summed E-state index contributed by atoms with van der Waals surface area (Å²) >= 11 is 0. The molecule has 0 amide bonds. The maximum atomic E-state index is 12.8. The van der Waals surface area contributed by atoms with Gasteiger partial charge in [0.15, 0.2) is 0 Å². The van der Waals surface area contributed by atoms with Gasteiger partial charge >= 0.3 is 0 Å². The van der Waals surface area contributed by atoms with Gasteiger partial charge in [0.2, 0.25) is 0 Å². The lowest BCUT2D eigenvalue weighted by Crippen LogP contribution is -2.23. The topological polar surface area (TPSA) is 70.1 Å². The standard InChI is InChI=1S/C17H17N3O2/c1-22-10-9-20-11-19-14-8-7-13(18)15(16(14)17(20)21)12-5-3-2-4-6-12/h2-8,11H,9-10,18H2,1H3. The highest BCUT2D eigenvalue weighted by Gasteiger charge is 2.13. The fraction of sp³-hybridized carbons (Fsp3) is 0.176. The van der Waals surface area contributed by atoms with E-state index in [4.69, 9.17) is 10.5 Å². The van der Waals surface area contributed by atoms with Gasteiger partial charge in [0.05, 0.1) is 30.4 Å². The lowest BCUT2D eigenvalue weighted by Gasteiger charge is -2.12. The number of rotatable bonds is 4. The van der Waals surface area contributed by atoms with Gasteiger partial charge in [0, 0.05) is 18.4 Å². The Balaban J connectivity index is 2.31. The number of nitrogens with zero attached hydrogens (tertiary/aromatic N) is 2. The van der Waals surface area contributed by atoms with Crippen molar-refractivity contribution in [1.82, 2.24) is 9.55 Å². The molecule has 0 fully saturated rings. The smallest absolute Gasteiger partial charge is 0.261 e. The first kappa shape index (κ1) is 14.3. The number of anilines is 1. The second-order valence-electron chi connectivity index (χ2n) is 5.03. The van der Waals surface area contributed by atoms with Gasteiger partial charge in [-0.25, -0.2) is 4.98 Å². The van der Waals surface area contributed by atoms with Gasteiger partial charge in [-0.05, 0) is 17.7 Å². The van der Waals surface area contributed by atoms with Gasteiger partial charge in [-0.15, -0.1) is 0 Å². The molecule has 3 aromatic rings. The van der Waals surface area contributed by atoms with Crippen molar-refractivity contribution < 1.29 is 4.74 Å². The Hall–Kier alpha value is -2.66. The molecular weight excluding hydrogens is 278 g/mol. The molecule has 0 spiro atoms. The van der Waals surface area contributed by atoms with Gasteiger partial charge in [0.25, 0.3) is 5.56 Å². The van der Waals surface area contributed by atoms with Gasteiger partial charge in [-0.2, -0.15) is 0 Å². The molecule has 3 rings (SSSR count). The third-order valence-electron chi connectivity index (χ3n) is 3.63. The van der Waals surface area contributed by atoms with Crippen LogP contribution in [0.25, 0.3) is 22.0 Å². The van der Waals surface area contributed by atoms with Crippen LogP contribution in [0.15, 0.2) is 53.6 Å². The van der Waals surface area contributed by atoms with Crippen LogP contribution in [0.3, 0.4) is 0 Å². The summed E-state index contributed by atoms with van der Waals surface area (Å²) in [5.74, 6) is 0. The number of hydrogen-bond acceptors (Lipinski definition) is 4. The number of nitrogen functional groups attached to an aromatic ring is 1. The van der Waals surface area contributed by atoms with Gasteiger partial charge in [-0.1, -0.05) is 30.3 Å². The molecule has 0 aliphatic carbocycles. The average Bonchev–Trinajstić information content (AvgIpc) is 2.55. The Morgan fingerprint density at radius 3 is 2.68 bits per heavy atom. The van der Waals surface area contributed by atoms with E-state index in [0.717, 1.165) is 11.1 Å². The van der Waals surface area contributed by atoms with Crippen molar-refractivity contribution in [3.8, 4) is 11.1 Å². The number of methoxy groups -OCH3 is 1. The van der Waals surface area contributed by atoms with Crippen molar-refractivity contribution in [2.24, 2.45) is 0 Å². The fourth-order valence-electron chi connectivity index (χ4n) is 2.52. The molecule has 2 aromatic carbocycles. The van der Waals surface area contributed by atoms with Crippen molar-refractivity contribution in [2.75, 3.05) is 19.5 Å². The molecule has 2 N–H and O–H groups in total. The number of fused-ring (bicyclic) bond motifs is 1. The molecule has 0 aliphatic heterocycles. The van der Waals surface area contributed by atoms with Gasteiger partial charge < -0.3 is 10.5 Å². The molecule has 5 nitrogen and oxygen atoms in total. The van der Waals surface area contributed by atoms with Crippen LogP contribution in [-0.2, 0) is 11.3 Å². The summed E-state index contributed by atoms with van der Waals surface area (Å²) in [7, 11) is 1.60. The van der Waals surface area contributed by atoms with Crippen LogP contribution in [0.2, 0.25) is 0 Å². The van der Waals surface area contributed by atoms with Crippen molar-refractivity contribution in [3.63, 3.8) is 0 Å². The molecule has 0 radical (unpaired) electrons. The van der Waals surface area contributed by atoms with Crippen molar-refractivity contribution in [2.45, 2.75) is 6.54 Å². The molecule has 0 unspecified atom stereocenters. The van der Waals surface area contributed by atoms with E-state index in [9.17, 15) is 4.79 Å². The van der Waals surface area contributed by atoms with E-state index in [1.807, 2.05) is 30.3 Å². The highest BCUT2D eigenvalue weighted by atomic mass is 16.5. The average molecular weight is 295 g/mol. The molecule has 0 atom stereocenters. The SMILES string of the molecule is COCCn1cnc2ccc(N)c(-c3ccccc3)c2c1=O. The number of aromatic nitrogens is 2. The molecular formula is C17H17N3O2. The third-order valence-corrected chi connectivity index (χ3v) is 3.63. The zero-order valence-electron chi connectivity index (χ0n) is 12.3. The Morgan fingerprint density at radius 2 is 1.95 bits per heavy atom. The summed E-state index contributed by atoms with van der Waals surface area (Å²) in [5, 5.41) is 0.546.